The summed E-state index contributed by atoms with van der Waals surface area (Å²) in [4.78, 5) is 14.3. The standard InChI is InChI=1S/C18H16OS/c1-11-8-9-14(13(3)12(11)2)10-17-18(19)15-6-4-5-7-16(15)20-17/h4-10H,1-3H3/b17-10-. The summed E-state index contributed by atoms with van der Waals surface area (Å²) >= 11 is 1.57. The van der Waals surface area contributed by atoms with Crippen LogP contribution in [-0.4, -0.2) is 5.78 Å². The number of allylic oxidation sites excluding steroid dienone is 1. The molecule has 0 unspecified atom stereocenters. The minimum atomic E-state index is 0.142. The molecule has 0 radical (unpaired) electrons. The third-order valence-electron chi connectivity index (χ3n) is 3.96. The first-order valence-corrected chi connectivity index (χ1v) is 7.49. The average molecular weight is 280 g/mol. The van der Waals surface area contributed by atoms with Crippen molar-refractivity contribution in [2.45, 2.75) is 25.7 Å². The number of carbonyl (C=O) groups excluding carboxylic acids is 1. The number of fused-ring (bicyclic) bond motifs is 1. The van der Waals surface area contributed by atoms with Crippen molar-refractivity contribution in [1.82, 2.24) is 0 Å². The molecule has 3 rings (SSSR count). The Morgan fingerprint density at radius 1 is 0.950 bits per heavy atom. The SMILES string of the molecule is Cc1ccc(/C=C2\Sc3ccccc3C2=O)c(C)c1C. The molecule has 0 N–H and O–H groups in total. The summed E-state index contributed by atoms with van der Waals surface area (Å²) in [5.41, 5.74) is 5.80. The maximum atomic E-state index is 12.4. The molecule has 20 heavy (non-hydrogen) atoms. The summed E-state index contributed by atoms with van der Waals surface area (Å²) in [7, 11) is 0. The van der Waals surface area contributed by atoms with E-state index >= 15 is 0 Å². The minimum absolute atomic E-state index is 0.142. The maximum absolute atomic E-state index is 12.4. The van der Waals surface area contributed by atoms with E-state index in [1.165, 1.54) is 16.7 Å². The lowest BCUT2D eigenvalue weighted by Gasteiger charge is -2.08. The zero-order valence-corrected chi connectivity index (χ0v) is 12.7. The first-order chi connectivity index (χ1) is 9.58. The molecule has 0 aromatic heterocycles. The van der Waals surface area contributed by atoms with Gasteiger partial charge in [-0.25, -0.2) is 0 Å². The molecule has 100 valence electrons. The average Bonchev–Trinajstić information content (AvgIpc) is 2.77. The Morgan fingerprint density at radius 3 is 2.45 bits per heavy atom. The van der Waals surface area contributed by atoms with Crippen LogP contribution in [0.25, 0.3) is 6.08 Å². The van der Waals surface area contributed by atoms with Crippen LogP contribution in [0.2, 0.25) is 0 Å². The predicted octanol–water partition coefficient (Wildman–Crippen LogP) is 4.94. The van der Waals surface area contributed by atoms with Crippen molar-refractivity contribution in [3.05, 3.63) is 69.1 Å². The van der Waals surface area contributed by atoms with Crippen LogP contribution in [0.4, 0.5) is 0 Å². The molecule has 0 atom stereocenters. The van der Waals surface area contributed by atoms with E-state index < -0.39 is 0 Å². The van der Waals surface area contributed by atoms with Gasteiger partial charge in [-0.3, -0.25) is 4.79 Å². The molecular weight excluding hydrogens is 264 g/mol. The second-order valence-corrected chi connectivity index (χ2v) is 6.24. The van der Waals surface area contributed by atoms with Crippen LogP contribution in [0.15, 0.2) is 46.2 Å². The molecule has 2 aromatic carbocycles. The van der Waals surface area contributed by atoms with Crippen molar-refractivity contribution in [2.75, 3.05) is 0 Å². The summed E-state index contributed by atoms with van der Waals surface area (Å²) in [5.74, 6) is 0.142. The number of Topliss-reactive ketones (excluding diaryl/α,β-unsaturated/α-hetero) is 1. The fraction of sp³-hybridized carbons (Fsp3) is 0.167. The number of benzene rings is 2. The van der Waals surface area contributed by atoms with Crippen molar-refractivity contribution in [1.29, 1.82) is 0 Å². The summed E-state index contributed by atoms with van der Waals surface area (Å²) < 4.78 is 0. The number of carbonyl (C=O) groups is 1. The van der Waals surface area contributed by atoms with Crippen LogP contribution in [0.3, 0.4) is 0 Å². The Balaban J connectivity index is 2.04. The van der Waals surface area contributed by atoms with Gasteiger partial charge < -0.3 is 0 Å². The summed E-state index contributed by atoms with van der Waals surface area (Å²) in [6.07, 6.45) is 2.02. The highest BCUT2D eigenvalue weighted by molar-refractivity contribution is 8.04. The molecule has 0 fully saturated rings. The van der Waals surface area contributed by atoms with Gasteiger partial charge in [0, 0.05) is 10.5 Å². The lowest BCUT2D eigenvalue weighted by molar-refractivity contribution is 0.104. The van der Waals surface area contributed by atoms with Crippen LogP contribution >= 0.6 is 11.8 Å². The van der Waals surface area contributed by atoms with E-state index in [-0.39, 0.29) is 5.78 Å². The van der Waals surface area contributed by atoms with E-state index in [1.807, 2.05) is 30.3 Å². The molecule has 1 aliphatic heterocycles. The number of rotatable bonds is 1. The quantitative estimate of drug-likeness (QED) is 0.688. The molecule has 0 bridgehead atoms. The van der Waals surface area contributed by atoms with Crippen LogP contribution in [0, 0.1) is 20.8 Å². The smallest absolute Gasteiger partial charge is 0.200 e. The van der Waals surface area contributed by atoms with Crippen LogP contribution in [0.5, 0.6) is 0 Å². The van der Waals surface area contributed by atoms with Gasteiger partial charge in [-0.15, -0.1) is 0 Å². The molecule has 0 saturated heterocycles. The monoisotopic (exact) mass is 280 g/mol. The Bertz CT molecular complexity index is 741. The molecule has 1 nitrogen and oxygen atoms in total. The molecule has 0 spiro atoms. The van der Waals surface area contributed by atoms with E-state index in [0.717, 1.165) is 20.9 Å². The Labute approximate surface area is 123 Å². The summed E-state index contributed by atoms with van der Waals surface area (Å²) in [5, 5.41) is 0. The van der Waals surface area contributed by atoms with Gasteiger partial charge in [-0.05, 0) is 61.2 Å². The van der Waals surface area contributed by atoms with Gasteiger partial charge >= 0.3 is 0 Å². The maximum Gasteiger partial charge on any atom is 0.200 e. The number of hydrogen-bond acceptors (Lipinski definition) is 2. The van der Waals surface area contributed by atoms with Gasteiger partial charge in [-0.1, -0.05) is 36.0 Å². The Kier molecular flexibility index (Phi) is 3.27. The fourth-order valence-corrected chi connectivity index (χ4v) is 3.45. The normalized spacial score (nSPS) is 15.8. The molecule has 2 heteroatoms. The van der Waals surface area contributed by atoms with E-state index in [1.54, 1.807) is 11.8 Å². The van der Waals surface area contributed by atoms with Gasteiger partial charge in [0.05, 0.1) is 4.91 Å². The van der Waals surface area contributed by atoms with Gasteiger partial charge in [-0.2, -0.15) is 0 Å². The molecule has 1 heterocycles. The second kappa shape index (κ2) is 4.95. The van der Waals surface area contributed by atoms with Crippen molar-refractivity contribution in [3.8, 4) is 0 Å². The summed E-state index contributed by atoms with van der Waals surface area (Å²) in [6.45, 7) is 6.36. The van der Waals surface area contributed by atoms with Crippen LogP contribution in [-0.2, 0) is 0 Å². The molecule has 0 amide bonds. The molecule has 0 aliphatic carbocycles. The zero-order valence-electron chi connectivity index (χ0n) is 11.9. The first kappa shape index (κ1) is 13.2. The number of aryl methyl sites for hydroxylation is 1. The van der Waals surface area contributed by atoms with Crippen molar-refractivity contribution < 1.29 is 4.79 Å². The highest BCUT2D eigenvalue weighted by Crippen LogP contribution is 2.40. The number of thioether (sulfide) groups is 1. The van der Waals surface area contributed by atoms with Gasteiger partial charge in [0.2, 0.25) is 5.78 Å². The van der Waals surface area contributed by atoms with Gasteiger partial charge in [0.25, 0.3) is 0 Å². The molecule has 2 aromatic rings. The van der Waals surface area contributed by atoms with Gasteiger partial charge in [0.15, 0.2) is 0 Å². The van der Waals surface area contributed by atoms with E-state index in [0.29, 0.717) is 0 Å². The van der Waals surface area contributed by atoms with Crippen LogP contribution in [0.1, 0.15) is 32.6 Å². The summed E-state index contributed by atoms with van der Waals surface area (Å²) in [6, 6.07) is 12.0. The third kappa shape index (κ3) is 2.10. The van der Waals surface area contributed by atoms with E-state index in [9.17, 15) is 4.79 Å². The number of ketones is 1. The van der Waals surface area contributed by atoms with Crippen molar-refractivity contribution in [2.24, 2.45) is 0 Å². The second-order valence-electron chi connectivity index (χ2n) is 5.16. The Hall–Kier alpha value is -1.80. The molecule has 0 saturated carbocycles. The number of hydrogen-bond donors (Lipinski definition) is 0. The van der Waals surface area contributed by atoms with Gasteiger partial charge in [0.1, 0.15) is 0 Å². The lowest BCUT2D eigenvalue weighted by Crippen LogP contribution is -1.95. The highest BCUT2D eigenvalue weighted by Gasteiger charge is 2.25. The van der Waals surface area contributed by atoms with Crippen molar-refractivity contribution >= 4 is 23.6 Å². The third-order valence-corrected chi connectivity index (χ3v) is 5.06. The van der Waals surface area contributed by atoms with Crippen LogP contribution < -0.4 is 0 Å². The van der Waals surface area contributed by atoms with Crippen molar-refractivity contribution in [3.63, 3.8) is 0 Å². The predicted molar refractivity (Wildman–Crippen MR) is 85.3 cm³/mol. The van der Waals surface area contributed by atoms with E-state index in [4.69, 9.17) is 0 Å². The fourth-order valence-electron chi connectivity index (χ4n) is 2.41. The molecular formula is C18H16OS. The Morgan fingerprint density at radius 2 is 1.70 bits per heavy atom. The zero-order chi connectivity index (χ0) is 14.3. The molecule has 1 aliphatic rings. The lowest BCUT2D eigenvalue weighted by atomic mass is 9.98. The minimum Gasteiger partial charge on any atom is -0.288 e. The van der Waals surface area contributed by atoms with E-state index in [2.05, 4.69) is 32.9 Å². The largest absolute Gasteiger partial charge is 0.288 e. The topological polar surface area (TPSA) is 17.1 Å². The highest BCUT2D eigenvalue weighted by atomic mass is 32.2. The first-order valence-electron chi connectivity index (χ1n) is 6.68.